The molecule has 0 aliphatic carbocycles. The number of carbonyl (C=O) groups is 4. The van der Waals surface area contributed by atoms with E-state index in [9.17, 15) is 24.3 Å². The predicted octanol–water partition coefficient (Wildman–Crippen LogP) is -0.0901. The number of amides is 3. The zero-order valence-electron chi connectivity index (χ0n) is 21.4. The van der Waals surface area contributed by atoms with Crippen molar-refractivity contribution in [3.05, 3.63) is 0 Å². The molecule has 0 aromatic rings. The van der Waals surface area contributed by atoms with E-state index in [0.717, 1.165) is 0 Å². The number of unbranched alkanes of at least 4 members (excludes halogenated alkanes) is 2. The van der Waals surface area contributed by atoms with Crippen molar-refractivity contribution in [3.8, 4) is 0 Å². The molecule has 0 rings (SSSR count). The van der Waals surface area contributed by atoms with Crippen molar-refractivity contribution in [1.82, 2.24) is 16.0 Å². The number of rotatable bonds is 20. The molecule has 35 heavy (non-hydrogen) atoms. The Morgan fingerprint density at radius 3 is 1.74 bits per heavy atom. The average molecular weight is 519 g/mol. The summed E-state index contributed by atoms with van der Waals surface area (Å²) in [6.45, 7) is 4.46. The van der Waals surface area contributed by atoms with Gasteiger partial charge in [0, 0.05) is 0 Å². The third-order valence-corrected chi connectivity index (χ3v) is 6.55. The zero-order valence-corrected chi connectivity index (χ0v) is 22.2. The molecule has 10 N–H and O–H groups in total. The fraction of sp³-hybridized carbons (Fsp3) is 0.826. The molecular weight excluding hydrogens is 472 g/mol. The van der Waals surface area contributed by atoms with Gasteiger partial charge in [-0.2, -0.15) is 11.8 Å². The molecule has 0 spiro atoms. The van der Waals surface area contributed by atoms with E-state index in [0.29, 0.717) is 70.2 Å². The third-order valence-electron chi connectivity index (χ3n) is 5.91. The van der Waals surface area contributed by atoms with Crippen LogP contribution in [-0.2, 0) is 19.2 Å². The minimum Gasteiger partial charge on any atom is -0.480 e. The number of hydrogen-bond acceptors (Lipinski definition) is 8. The van der Waals surface area contributed by atoms with Gasteiger partial charge in [-0.05, 0) is 76.0 Å². The van der Waals surface area contributed by atoms with Crippen LogP contribution in [0.2, 0.25) is 0 Å². The zero-order chi connectivity index (χ0) is 26.8. The Hall–Kier alpha value is -1.89. The van der Waals surface area contributed by atoms with Crippen molar-refractivity contribution in [2.24, 2.45) is 23.1 Å². The van der Waals surface area contributed by atoms with Gasteiger partial charge >= 0.3 is 5.97 Å². The van der Waals surface area contributed by atoms with Crippen LogP contribution >= 0.6 is 11.8 Å². The second-order valence-corrected chi connectivity index (χ2v) is 9.77. The van der Waals surface area contributed by atoms with Gasteiger partial charge in [-0.25, -0.2) is 4.79 Å². The van der Waals surface area contributed by atoms with Crippen LogP contribution in [0.5, 0.6) is 0 Å². The van der Waals surface area contributed by atoms with Crippen molar-refractivity contribution in [3.63, 3.8) is 0 Å². The lowest BCUT2D eigenvalue weighted by atomic mass is 9.98. The Balaban J connectivity index is 5.52. The summed E-state index contributed by atoms with van der Waals surface area (Å²) in [7, 11) is 0. The Morgan fingerprint density at radius 1 is 0.829 bits per heavy atom. The van der Waals surface area contributed by atoms with Gasteiger partial charge in [-0.3, -0.25) is 14.4 Å². The molecule has 0 fully saturated rings. The monoisotopic (exact) mass is 518 g/mol. The van der Waals surface area contributed by atoms with E-state index in [2.05, 4.69) is 16.0 Å². The largest absolute Gasteiger partial charge is 0.480 e. The molecule has 0 aromatic heterocycles. The fourth-order valence-corrected chi connectivity index (χ4v) is 3.88. The standard InChI is InChI=1S/C23H46N6O5S/c1-4-15(2)19(23(33)34)29-22(32)18(10-6-8-13-25)28-21(31)17(9-5-7-12-24)27-20(30)16(26)11-14-35-3/h15-19H,4-14,24-26H2,1-3H3,(H,27,30)(H,28,31)(H,29,32)(H,33,34). The Bertz CT molecular complexity index is 654. The fourth-order valence-electron chi connectivity index (χ4n) is 3.39. The van der Waals surface area contributed by atoms with Gasteiger partial charge in [-0.15, -0.1) is 0 Å². The van der Waals surface area contributed by atoms with Crippen LogP contribution in [-0.4, -0.2) is 78.1 Å². The molecule has 0 bridgehead atoms. The van der Waals surface area contributed by atoms with Gasteiger partial charge < -0.3 is 38.3 Å². The first kappa shape index (κ1) is 33.1. The highest BCUT2D eigenvalue weighted by atomic mass is 32.2. The maximum atomic E-state index is 13.1. The average Bonchev–Trinajstić information content (AvgIpc) is 2.83. The summed E-state index contributed by atoms with van der Waals surface area (Å²) in [6, 6.07) is -3.67. The van der Waals surface area contributed by atoms with Gasteiger partial charge in [0.2, 0.25) is 17.7 Å². The van der Waals surface area contributed by atoms with E-state index in [-0.39, 0.29) is 5.92 Å². The first-order chi connectivity index (χ1) is 16.6. The van der Waals surface area contributed by atoms with Gasteiger partial charge in [0.1, 0.15) is 18.1 Å². The molecule has 204 valence electrons. The van der Waals surface area contributed by atoms with Crippen LogP contribution in [0.1, 0.15) is 65.2 Å². The van der Waals surface area contributed by atoms with Gasteiger partial charge in [0.25, 0.3) is 0 Å². The van der Waals surface area contributed by atoms with E-state index < -0.39 is 47.9 Å². The van der Waals surface area contributed by atoms with E-state index in [1.807, 2.05) is 13.2 Å². The van der Waals surface area contributed by atoms with E-state index in [1.54, 1.807) is 18.7 Å². The summed E-state index contributed by atoms with van der Waals surface area (Å²) in [6.07, 6.45) is 6.08. The molecule has 0 aromatic carbocycles. The second-order valence-electron chi connectivity index (χ2n) is 8.79. The molecular formula is C23H46N6O5S. The number of nitrogens with one attached hydrogen (secondary N) is 3. The maximum absolute atomic E-state index is 13.1. The lowest BCUT2D eigenvalue weighted by molar-refractivity contribution is -0.144. The summed E-state index contributed by atoms with van der Waals surface area (Å²) < 4.78 is 0. The summed E-state index contributed by atoms with van der Waals surface area (Å²) in [5.41, 5.74) is 17.1. The van der Waals surface area contributed by atoms with Crippen LogP contribution in [0.3, 0.4) is 0 Å². The van der Waals surface area contributed by atoms with Crippen molar-refractivity contribution in [2.45, 2.75) is 89.4 Å². The molecule has 0 saturated heterocycles. The highest BCUT2D eigenvalue weighted by Gasteiger charge is 2.31. The number of carboxylic acid groups (broad SMARTS) is 1. The highest BCUT2D eigenvalue weighted by molar-refractivity contribution is 7.98. The molecule has 0 aliphatic heterocycles. The number of thioether (sulfide) groups is 1. The number of aliphatic carboxylic acids is 1. The van der Waals surface area contributed by atoms with Gasteiger partial charge in [-0.1, -0.05) is 20.3 Å². The number of carboxylic acids is 1. The lowest BCUT2D eigenvalue weighted by Crippen LogP contribution is -2.57. The normalized spacial score (nSPS) is 15.4. The highest BCUT2D eigenvalue weighted by Crippen LogP contribution is 2.11. The Kier molecular flexibility index (Phi) is 18.3. The third kappa shape index (κ3) is 13.7. The number of nitrogens with two attached hydrogens (primary N) is 3. The van der Waals surface area contributed by atoms with Crippen LogP contribution in [0.4, 0.5) is 0 Å². The molecule has 5 unspecified atom stereocenters. The minimum atomic E-state index is -1.13. The molecule has 0 heterocycles. The predicted molar refractivity (Wildman–Crippen MR) is 140 cm³/mol. The topological polar surface area (TPSA) is 203 Å². The molecule has 0 saturated carbocycles. The second kappa shape index (κ2) is 19.3. The lowest BCUT2D eigenvalue weighted by Gasteiger charge is -2.26. The minimum absolute atomic E-state index is 0.289. The SMILES string of the molecule is CCC(C)C(NC(=O)C(CCCCN)NC(=O)C(CCCCN)NC(=O)C(N)CCSC)C(=O)O. The quantitative estimate of drug-likeness (QED) is 0.107. The molecule has 3 amide bonds. The van der Waals surface area contributed by atoms with Crippen molar-refractivity contribution in [1.29, 1.82) is 0 Å². The summed E-state index contributed by atoms with van der Waals surface area (Å²) in [5, 5.41) is 17.5. The van der Waals surface area contributed by atoms with E-state index in [4.69, 9.17) is 17.2 Å². The first-order valence-corrected chi connectivity index (χ1v) is 13.8. The van der Waals surface area contributed by atoms with Crippen LogP contribution in [0.25, 0.3) is 0 Å². The van der Waals surface area contributed by atoms with E-state index in [1.165, 1.54) is 0 Å². The number of hydrogen-bond donors (Lipinski definition) is 7. The van der Waals surface area contributed by atoms with E-state index >= 15 is 0 Å². The van der Waals surface area contributed by atoms with Crippen molar-refractivity contribution >= 4 is 35.5 Å². The smallest absolute Gasteiger partial charge is 0.326 e. The summed E-state index contributed by atoms with van der Waals surface area (Å²) in [4.78, 5) is 50.3. The molecule has 0 radical (unpaired) electrons. The molecule has 11 nitrogen and oxygen atoms in total. The maximum Gasteiger partial charge on any atom is 0.326 e. The number of carbonyl (C=O) groups excluding carboxylic acids is 3. The Morgan fingerprint density at radius 2 is 1.31 bits per heavy atom. The van der Waals surface area contributed by atoms with Crippen LogP contribution in [0, 0.1) is 5.92 Å². The van der Waals surface area contributed by atoms with Gasteiger partial charge in [0.05, 0.1) is 6.04 Å². The summed E-state index contributed by atoms with van der Waals surface area (Å²) >= 11 is 1.57. The van der Waals surface area contributed by atoms with Crippen LogP contribution in [0.15, 0.2) is 0 Å². The molecule has 12 heteroatoms. The summed E-state index contributed by atoms with van der Waals surface area (Å²) in [5.74, 6) is -2.24. The molecule has 5 atom stereocenters. The molecule has 0 aliphatic rings. The van der Waals surface area contributed by atoms with Gasteiger partial charge in [0.15, 0.2) is 0 Å². The Labute approximate surface area is 213 Å². The van der Waals surface area contributed by atoms with Crippen LogP contribution < -0.4 is 33.2 Å². The van der Waals surface area contributed by atoms with Crippen molar-refractivity contribution in [2.75, 3.05) is 25.1 Å². The first-order valence-electron chi connectivity index (χ1n) is 12.4. The van der Waals surface area contributed by atoms with Crippen molar-refractivity contribution < 1.29 is 24.3 Å².